The number of rotatable bonds is 7. The highest BCUT2D eigenvalue weighted by atomic mass is 35.5. The van der Waals surface area contributed by atoms with Gasteiger partial charge in [0.1, 0.15) is 12.4 Å². The summed E-state index contributed by atoms with van der Waals surface area (Å²) in [6.45, 7) is 3.00. The van der Waals surface area contributed by atoms with Crippen LogP contribution >= 0.6 is 24.0 Å². The van der Waals surface area contributed by atoms with E-state index in [1.54, 1.807) is 6.07 Å². The van der Waals surface area contributed by atoms with E-state index < -0.39 is 0 Å². The van der Waals surface area contributed by atoms with Gasteiger partial charge in [-0.1, -0.05) is 24.4 Å². The lowest BCUT2D eigenvalue weighted by Crippen LogP contribution is -2.17. The number of nitrogens with one attached hydrogen (secondary N) is 1. The Bertz CT molecular complexity index is 717. The van der Waals surface area contributed by atoms with Gasteiger partial charge in [0.25, 0.3) is 0 Å². The van der Waals surface area contributed by atoms with Gasteiger partial charge in [-0.15, -0.1) is 12.4 Å². The lowest BCUT2D eigenvalue weighted by atomic mass is 10.0. The molecule has 0 amide bonds. The van der Waals surface area contributed by atoms with E-state index in [0.717, 1.165) is 5.69 Å². The zero-order valence-electron chi connectivity index (χ0n) is 15.2. The maximum absolute atomic E-state index is 13.9. The monoisotopic (exact) mass is 401 g/mol. The smallest absolute Gasteiger partial charge is 0.212 e. The van der Waals surface area contributed by atoms with Gasteiger partial charge >= 0.3 is 0 Å². The van der Waals surface area contributed by atoms with Crippen LogP contribution in [0.4, 0.5) is 4.39 Å². The van der Waals surface area contributed by atoms with E-state index in [9.17, 15) is 4.39 Å². The number of halogens is 3. The number of hydrogen-bond acceptors (Lipinski definition) is 3. The Morgan fingerprint density at radius 2 is 2.08 bits per heavy atom. The van der Waals surface area contributed by atoms with Crippen molar-refractivity contribution in [1.29, 1.82) is 0 Å². The third-order valence-corrected chi connectivity index (χ3v) is 5.20. The summed E-state index contributed by atoms with van der Waals surface area (Å²) in [6, 6.07) is 6.72. The second-order valence-electron chi connectivity index (χ2n) is 6.76. The van der Waals surface area contributed by atoms with Crippen LogP contribution in [0.1, 0.15) is 49.9 Å². The summed E-state index contributed by atoms with van der Waals surface area (Å²) in [7, 11) is 1.89. The molecule has 4 nitrogen and oxygen atoms in total. The van der Waals surface area contributed by atoms with Crippen molar-refractivity contribution in [2.24, 2.45) is 5.92 Å². The Balaban J connectivity index is 0.00000243. The molecule has 0 spiro atoms. The number of aromatic nitrogens is 2. The SMILES string of the molecule is CNCc1cc(OCc2cc(Cl)ccc2F)n(C(C)C2CCCC2)n1.Cl. The van der Waals surface area contributed by atoms with Crippen LogP contribution in [-0.4, -0.2) is 16.8 Å². The Morgan fingerprint density at radius 3 is 2.77 bits per heavy atom. The number of ether oxygens (including phenoxy) is 1. The number of nitrogens with zero attached hydrogens (tertiary/aromatic N) is 2. The first-order valence-corrected chi connectivity index (χ1v) is 9.26. The van der Waals surface area contributed by atoms with E-state index in [-0.39, 0.29) is 30.9 Å². The van der Waals surface area contributed by atoms with Gasteiger partial charge in [0, 0.05) is 23.2 Å². The van der Waals surface area contributed by atoms with E-state index in [4.69, 9.17) is 21.4 Å². The lowest BCUT2D eigenvalue weighted by molar-refractivity contribution is 0.235. The lowest BCUT2D eigenvalue weighted by Gasteiger charge is -2.21. The third-order valence-electron chi connectivity index (χ3n) is 4.96. The first-order valence-electron chi connectivity index (χ1n) is 8.88. The first kappa shape index (κ1) is 21.0. The first-order chi connectivity index (χ1) is 12.1. The van der Waals surface area contributed by atoms with E-state index in [1.165, 1.54) is 37.8 Å². The summed E-state index contributed by atoms with van der Waals surface area (Å²) in [5.41, 5.74) is 1.37. The molecule has 0 saturated heterocycles. The quantitative estimate of drug-likeness (QED) is 0.697. The largest absolute Gasteiger partial charge is 0.473 e. The molecular weight excluding hydrogens is 376 g/mol. The van der Waals surface area contributed by atoms with Crippen molar-refractivity contribution in [3.63, 3.8) is 0 Å². The molecule has 3 rings (SSSR count). The molecule has 1 aliphatic carbocycles. The average molecular weight is 402 g/mol. The van der Waals surface area contributed by atoms with Gasteiger partial charge in [-0.3, -0.25) is 0 Å². The van der Waals surface area contributed by atoms with Gasteiger partial charge < -0.3 is 10.1 Å². The van der Waals surface area contributed by atoms with Gasteiger partial charge in [0.2, 0.25) is 5.88 Å². The molecule has 7 heteroatoms. The van der Waals surface area contributed by atoms with Crippen LogP contribution in [0, 0.1) is 11.7 Å². The fourth-order valence-electron chi connectivity index (χ4n) is 3.54. The molecule has 1 aromatic heterocycles. The van der Waals surface area contributed by atoms with Crippen molar-refractivity contribution in [1.82, 2.24) is 15.1 Å². The van der Waals surface area contributed by atoms with Gasteiger partial charge in [0.15, 0.2) is 0 Å². The maximum Gasteiger partial charge on any atom is 0.212 e. The Labute approximate surface area is 165 Å². The fraction of sp³-hybridized carbons (Fsp3) is 0.526. The van der Waals surface area contributed by atoms with Gasteiger partial charge in [-0.05, 0) is 50.9 Å². The van der Waals surface area contributed by atoms with Crippen LogP contribution in [0.2, 0.25) is 5.02 Å². The second kappa shape index (κ2) is 9.58. The Morgan fingerprint density at radius 1 is 1.35 bits per heavy atom. The number of benzene rings is 1. The zero-order chi connectivity index (χ0) is 17.8. The molecule has 0 bridgehead atoms. The summed E-state index contributed by atoms with van der Waals surface area (Å²) in [5, 5.41) is 8.32. The molecule has 1 unspecified atom stereocenters. The van der Waals surface area contributed by atoms with Crippen LogP contribution in [0.15, 0.2) is 24.3 Å². The van der Waals surface area contributed by atoms with Crippen molar-refractivity contribution >= 4 is 24.0 Å². The summed E-state index contributed by atoms with van der Waals surface area (Å²) in [6.07, 6.45) is 5.02. The normalized spacial score (nSPS) is 15.7. The van der Waals surface area contributed by atoms with Crippen LogP contribution < -0.4 is 10.1 Å². The molecule has 1 heterocycles. The van der Waals surface area contributed by atoms with Crippen LogP contribution in [-0.2, 0) is 13.2 Å². The second-order valence-corrected chi connectivity index (χ2v) is 7.19. The Hall–Kier alpha value is -1.30. The van der Waals surface area contributed by atoms with Crippen molar-refractivity contribution in [3.8, 4) is 5.88 Å². The summed E-state index contributed by atoms with van der Waals surface area (Å²) >= 11 is 5.96. The zero-order valence-corrected chi connectivity index (χ0v) is 16.7. The van der Waals surface area contributed by atoms with E-state index >= 15 is 0 Å². The highest BCUT2D eigenvalue weighted by Gasteiger charge is 2.26. The van der Waals surface area contributed by atoms with Gasteiger partial charge in [-0.2, -0.15) is 5.10 Å². The third kappa shape index (κ3) is 4.90. The van der Waals surface area contributed by atoms with Gasteiger partial charge in [0.05, 0.1) is 11.7 Å². The van der Waals surface area contributed by atoms with Crippen molar-refractivity contribution in [3.05, 3.63) is 46.4 Å². The highest BCUT2D eigenvalue weighted by Crippen LogP contribution is 2.36. The van der Waals surface area contributed by atoms with Crippen molar-refractivity contribution < 1.29 is 9.13 Å². The summed E-state index contributed by atoms with van der Waals surface area (Å²) in [4.78, 5) is 0. The molecule has 144 valence electrons. The minimum atomic E-state index is -0.310. The molecule has 1 fully saturated rings. The standard InChI is InChI=1S/C19H25ClFN3O.ClH/c1-13(14-5-3-4-6-14)24-19(10-17(23-24)11-22-2)25-12-15-9-16(20)7-8-18(15)21;/h7-10,13-14,22H,3-6,11-12H2,1-2H3;1H. The summed E-state index contributed by atoms with van der Waals surface area (Å²) in [5.74, 6) is 0.992. The molecule has 1 aromatic carbocycles. The van der Waals surface area contributed by atoms with Crippen molar-refractivity contribution in [2.45, 2.75) is 51.8 Å². The van der Waals surface area contributed by atoms with Crippen molar-refractivity contribution in [2.75, 3.05) is 7.05 Å². The molecule has 2 aromatic rings. The van der Waals surface area contributed by atoms with Crippen LogP contribution in [0.3, 0.4) is 0 Å². The molecule has 1 atom stereocenters. The molecule has 0 aliphatic heterocycles. The topological polar surface area (TPSA) is 39.1 Å². The average Bonchev–Trinajstić information content (AvgIpc) is 3.25. The number of hydrogen-bond donors (Lipinski definition) is 1. The van der Waals surface area contributed by atoms with E-state index in [2.05, 4.69) is 12.2 Å². The summed E-state index contributed by atoms with van der Waals surface area (Å²) < 4.78 is 21.8. The van der Waals surface area contributed by atoms with Crippen LogP contribution in [0.25, 0.3) is 0 Å². The molecule has 26 heavy (non-hydrogen) atoms. The molecule has 0 radical (unpaired) electrons. The molecular formula is C19H26Cl2FN3O. The van der Waals surface area contributed by atoms with E-state index in [0.29, 0.717) is 28.9 Å². The Kier molecular flexibility index (Phi) is 7.74. The fourth-order valence-corrected chi connectivity index (χ4v) is 3.73. The molecule has 1 N–H and O–H groups in total. The molecule has 1 aliphatic rings. The molecule has 1 saturated carbocycles. The minimum absolute atomic E-state index is 0. The predicted octanol–water partition coefficient (Wildman–Crippen LogP) is 5.15. The predicted molar refractivity (Wildman–Crippen MR) is 105 cm³/mol. The van der Waals surface area contributed by atoms with Gasteiger partial charge in [-0.25, -0.2) is 9.07 Å². The minimum Gasteiger partial charge on any atom is -0.473 e. The van der Waals surface area contributed by atoms with E-state index in [1.807, 2.05) is 17.8 Å². The highest BCUT2D eigenvalue weighted by molar-refractivity contribution is 6.30. The maximum atomic E-state index is 13.9. The van der Waals surface area contributed by atoms with Crippen LogP contribution in [0.5, 0.6) is 5.88 Å².